The van der Waals surface area contributed by atoms with E-state index in [-0.39, 0.29) is 11.9 Å². The Balaban J connectivity index is 1.60. The summed E-state index contributed by atoms with van der Waals surface area (Å²) in [5.41, 5.74) is 2.16. The van der Waals surface area contributed by atoms with Gasteiger partial charge in [-0.1, -0.05) is 47.6 Å². The van der Waals surface area contributed by atoms with Gasteiger partial charge in [-0.2, -0.15) is 4.98 Å². The number of hydrogen-bond donors (Lipinski definition) is 0. The van der Waals surface area contributed by atoms with E-state index in [2.05, 4.69) is 27.2 Å². The topological polar surface area (TPSA) is 42.2 Å². The van der Waals surface area contributed by atoms with E-state index in [1.54, 1.807) is 0 Å². The fourth-order valence-corrected chi connectivity index (χ4v) is 3.13. The predicted molar refractivity (Wildman–Crippen MR) is 92.4 cm³/mol. The normalized spacial score (nSPS) is 15.5. The van der Waals surface area contributed by atoms with E-state index in [9.17, 15) is 4.39 Å². The van der Waals surface area contributed by atoms with Crippen molar-refractivity contribution in [3.8, 4) is 0 Å². The zero-order valence-electron chi connectivity index (χ0n) is 14.1. The minimum Gasteiger partial charge on any atom is -0.338 e. The van der Waals surface area contributed by atoms with Gasteiger partial charge in [-0.3, -0.25) is 4.90 Å². The van der Waals surface area contributed by atoms with Crippen molar-refractivity contribution < 1.29 is 8.91 Å². The summed E-state index contributed by atoms with van der Waals surface area (Å²) in [6, 6.07) is 16.8. The lowest BCUT2D eigenvalue weighted by Crippen LogP contribution is -2.25. The maximum absolute atomic E-state index is 13.3. The highest BCUT2D eigenvalue weighted by atomic mass is 19.1. The molecule has 1 fully saturated rings. The molecule has 1 aliphatic carbocycles. The third kappa shape index (κ3) is 3.61. The van der Waals surface area contributed by atoms with Gasteiger partial charge < -0.3 is 4.52 Å². The molecule has 2 aromatic carbocycles. The van der Waals surface area contributed by atoms with E-state index in [1.165, 1.54) is 12.1 Å². The molecule has 1 saturated carbocycles. The first kappa shape index (κ1) is 16.0. The van der Waals surface area contributed by atoms with Gasteiger partial charge in [-0.05, 0) is 43.1 Å². The Morgan fingerprint density at radius 2 is 1.76 bits per heavy atom. The lowest BCUT2D eigenvalue weighted by Gasteiger charge is -2.27. The molecule has 1 atom stereocenters. The molecule has 0 radical (unpaired) electrons. The van der Waals surface area contributed by atoms with Crippen LogP contribution < -0.4 is 0 Å². The average Bonchev–Trinajstić information content (AvgIpc) is 3.38. The molecule has 3 aromatic rings. The second kappa shape index (κ2) is 6.76. The molecule has 0 spiro atoms. The van der Waals surface area contributed by atoms with Crippen molar-refractivity contribution in [2.45, 2.75) is 31.3 Å². The molecule has 1 aromatic heterocycles. The number of halogens is 1. The Labute approximate surface area is 146 Å². The Morgan fingerprint density at radius 1 is 1.08 bits per heavy atom. The minimum atomic E-state index is -0.232. The Hall–Kier alpha value is -2.53. The van der Waals surface area contributed by atoms with Crippen LogP contribution in [0.25, 0.3) is 0 Å². The molecule has 1 unspecified atom stereocenters. The Kier molecular flexibility index (Phi) is 4.32. The highest BCUT2D eigenvalue weighted by molar-refractivity contribution is 5.32. The van der Waals surface area contributed by atoms with Crippen LogP contribution in [-0.2, 0) is 6.54 Å². The van der Waals surface area contributed by atoms with Crippen LogP contribution in [-0.4, -0.2) is 22.1 Å². The lowest BCUT2D eigenvalue weighted by molar-refractivity contribution is 0.229. The summed E-state index contributed by atoms with van der Waals surface area (Å²) in [5.74, 6) is 1.68. The first-order valence-corrected chi connectivity index (χ1v) is 8.54. The van der Waals surface area contributed by atoms with Crippen LogP contribution in [0.5, 0.6) is 0 Å². The largest absolute Gasteiger partial charge is 0.338 e. The molecule has 0 saturated heterocycles. The summed E-state index contributed by atoms with van der Waals surface area (Å²) >= 11 is 0. The molecule has 0 N–H and O–H groups in total. The van der Waals surface area contributed by atoms with E-state index in [1.807, 2.05) is 37.4 Å². The number of rotatable bonds is 6. The number of benzene rings is 2. The summed E-state index contributed by atoms with van der Waals surface area (Å²) in [7, 11) is 2.02. The third-order valence-corrected chi connectivity index (χ3v) is 4.55. The quantitative estimate of drug-likeness (QED) is 0.672. The van der Waals surface area contributed by atoms with Gasteiger partial charge in [0.25, 0.3) is 0 Å². The van der Waals surface area contributed by atoms with Gasteiger partial charge in [0.05, 0.1) is 12.6 Å². The molecule has 1 aliphatic rings. The first-order valence-electron chi connectivity index (χ1n) is 8.54. The van der Waals surface area contributed by atoms with E-state index >= 15 is 0 Å². The summed E-state index contributed by atoms with van der Waals surface area (Å²) in [6.45, 7) is 0.538. The van der Waals surface area contributed by atoms with Gasteiger partial charge >= 0.3 is 0 Å². The monoisotopic (exact) mass is 337 g/mol. The van der Waals surface area contributed by atoms with Gasteiger partial charge in [-0.25, -0.2) is 4.39 Å². The van der Waals surface area contributed by atoms with Crippen molar-refractivity contribution >= 4 is 0 Å². The summed E-state index contributed by atoms with van der Waals surface area (Å²) in [5, 5.41) is 4.09. The average molecular weight is 337 g/mol. The SMILES string of the molecule is CN(Cc1nc(C2CC2)no1)C(c1ccccc1)c1ccc(F)cc1. The predicted octanol–water partition coefficient (Wildman–Crippen LogP) is 4.31. The van der Waals surface area contributed by atoms with Crippen LogP contribution in [0.4, 0.5) is 4.39 Å². The molecule has 25 heavy (non-hydrogen) atoms. The van der Waals surface area contributed by atoms with Crippen LogP contribution in [0.3, 0.4) is 0 Å². The molecule has 5 heteroatoms. The second-order valence-electron chi connectivity index (χ2n) is 6.60. The van der Waals surface area contributed by atoms with Crippen molar-refractivity contribution in [1.29, 1.82) is 0 Å². The van der Waals surface area contributed by atoms with Crippen LogP contribution in [0.15, 0.2) is 59.1 Å². The van der Waals surface area contributed by atoms with E-state index in [4.69, 9.17) is 4.52 Å². The van der Waals surface area contributed by atoms with Crippen molar-refractivity contribution in [3.05, 3.63) is 83.3 Å². The number of nitrogens with zero attached hydrogens (tertiary/aromatic N) is 3. The highest BCUT2D eigenvalue weighted by Gasteiger charge is 2.29. The van der Waals surface area contributed by atoms with Gasteiger partial charge in [0.15, 0.2) is 5.82 Å². The molecule has 0 amide bonds. The second-order valence-corrected chi connectivity index (χ2v) is 6.60. The van der Waals surface area contributed by atoms with Crippen molar-refractivity contribution in [2.75, 3.05) is 7.05 Å². The molecular formula is C20H20FN3O. The molecule has 0 bridgehead atoms. The van der Waals surface area contributed by atoms with Gasteiger partial charge in [0.2, 0.25) is 5.89 Å². The van der Waals surface area contributed by atoms with E-state index in [0.29, 0.717) is 18.4 Å². The highest BCUT2D eigenvalue weighted by Crippen LogP contribution is 2.38. The maximum Gasteiger partial charge on any atom is 0.240 e. The van der Waals surface area contributed by atoms with Crippen molar-refractivity contribution in [3.63, 3.8) is 0 Å². The molecular weight excluding hydrogens is 317 g/mol. The standard InChI is InChI=1S/C20H20FN3O/c1-24(13-18-22-20(23-25-18)16-7-8-16)19(14-5-3-2-4-6-14)15-9-11-17(21)12-10-15/h2-6,9-12,16,19H,7-8,13H2,1H3. The van der Waals surface area contributed by atoms with Gasteiger partial charge in [0, 0.05) is 5.92 Å². The van der Waals surface area contributed by atoms with Crippen LogP contribution in [0, 0.1) is 5.82 Å². The number of hydrogen-bond acceptors (Lipinski definition) is 4. The molecule has 4 rings (SSSR count). The Morgan fingerprint density at radius 3 is 2.44 bits per heavy atom. The van der Waals surface area contributed by atoms with Crippen molar-refractivity contribution in [1.82, 2.24) is 15.0 Å². The van der Waals surface area contributed by atoms with Gasteiger partial charge in [0.1, 0.15) is 5.82 Å². The molecule has 128 valence electrons. The summed E-state index contributed by atoms with van der Waals surface area (Å²) in [4.78, 5) is 6.66. The zero-order chi connectivity index (χ0) is 17.2. The van der Waals surface area contributed by atoms with E-state index < -0.39 is 0 Å². The van der Waals surface area contributed by atoms with E-state index in [0.717, 1.165) is 29.8 Å². The Bertz CT molecular complexity index is 828. The fourth-order valence-electron chi connectivity index (χ4n) is 3.13. The molecule has 0 aliphatic heterocycles. The third-order valence-electron chi connectivity index (χ3n) is 4.55. The molecule has 4 nitrogen and oxygen atoms in total. The lowest BCUT2D eigenvalue weighted by atomic mass is 9.97. The summed E-state index contributed by atoms with van der Waals surface area (Å²) in [6.07, 6.45) is 2.30. The number of aromatic nitrogens is 2. The van der Waals surface area contributed by atoms with Crippen molar-refractivity contribution in [2.24, 2.45) is 0 Å². The minimum absolute atomic E-state index is 0.0157. The molecule has 1 heterocycles. The zero-order valence-corrected chi connectivity index (χ0v) is 14.1. The summed E-state index contributed by atoms with van der Waals surface area (Å²) < 4.78 is 18.8. The van der Waals surface area contributed by atoms with Crippen LogP contribution in [0.1, 0.15) is 47.6 Å². The van der Waals surface area contributed by atoms with Crippen LogP contribution in [0.2, 0.25) is 0 Å². The first-order chi connectivity index (χ1) is 12.2. The fraction of sp³-hybridized carbons (Fsp3) is 0.300. The maximum atomic E-state index is 13.3. The van der Waals surface area contributed by atoms with Crippen LogP contribution >= 0.6 is 0 Å². The van der Waals surface area contributed by atoms with Gasteiger partial charge in [-0.15, -0.1) is 0 Å². The smallest absolute Gasteiger partial charge is 0.240 e.